The molecule has 0 radical (unpaired) electrons. The molecule has 2 N–H and O–H groups in total. The van der Waals surface area contributed by atoms with Crippen molar-refractivity contribution in [1.82, 2.24) is 10.6 Å². The molecule has 2 rings (SSSR count). The summed E-state index contributed by atoms with van der Waals surface area (Å²) < 4.78 is 37.3. The Bertz CT molecular complexity index is 695. The number of benzene rings is 1. The molecule has 24 heavy (non-hydrogen) atoms. The molecule has 1 aliphatic heterocycles. The lowest BCUT2D eigenvalue weighted by Gasteiger charge is -2.14. The average Bonchev–Trinajstić information content (AvgIpc) is 2.87. The zero-order chi connectivity index (χ0) is 17.6. The van der Waals surface area contributed by atoms with Gasteiger partial charge in [0.1, 0.15) is 5.82 Å². The number of aliphatic imine (C=N–C) groups is 1. The van der Waals surface area contributed by atoms with Crippen LogP contribution in [0, 0.1) is 11.7 Å². The molecular formula is C16H23BrFN3O2S. The van der Waals surface area contributed by atoms with Crippen LogP contribution >= 0.6 is 15.9 Å². The Labute approximate surface area is 151 Å². The lowest BCUT2D eigenvalue weighted by atomic mass is 10.1. The Morgan fingerprint density at radius 1 is 1.42 bits per heavy atom. The molecule has 1 heterocycles. The van der Waals surface area contributed by atoms with Gasteiger partial charge in [-0.2, -0.15) is 0 Å². The van der Waals surface area contributed by atoms with Gasteiger partial charge in [0.2, 0.25) is 0 Å². The Hall–Kier alpha value is -1.15. The molecule has 1 aromatic carbocycles. The van der Waals surface area contributed by atoms with E-state index in [9.17, 15) is 12.8 Å². The normalized spacial score (nSPS) is 20.1. The average molecular weight is 420 g/mol. The third kappa shape index (κ3) is 6.05. The van der Waals surface area contributed by atoms with Gasteiger partial charge in [0.15, 0.2) is 15.8 Å². The minimum atomic E-state index is -2.85. The van der Waals surface area contributed by atoms with Crippen molar-refractivity contribution in [2.45, 2.75) is 19.3 Å². The van der Waals surface area contributed by atoms with E-state index in [1.54, 1.807) is 13.1 Å². The fourth-order valence-electron chi connectivity index (χ4n) is 2.70. The minimum absolute atomic E-state index is 0.144. The molecule has 1 unspecified atom stereocenters. The molecule has 0 amide bonds. The summed E-state index contributed by atoms with van der Waals surface area (Å²) in [6.45, 7) is 1.26. The summed E-state index contributed by atoms with van der Waals surface area (Å²) in [4.78, 5) is 4.12. The lowest BCUT2D eigenvalue weighted by molar-refractivity contribution is 0.566. The number of sulfone groups is 1. The quantitative estimate of drug-likeness (QED) is 0.420. The molecule has 134 valence electrons. The van der Waals surface area contributed by atoms with Crippen molar-refractivity contribution in [1.29, 1.82) is 0 Å². The SMILES string of the molecule is CN=C(NCCCc1ccc(Br)cc1F)NCC1CCS(=O)(=O)C1. The molecule has 0 aromatic heterocycles. The number of guanidine groups is 1. The predicted molar refractivity (Wildman–Crippen MR) is 98.5 cm³/mol. The summed E-state index contributed by atoms with van der Waals surface area (Å²) in [5, 5.41) is 6.33. The molecule has 1 aliphatic rings. The van der Waals surface area contributed by atoms with Crippen LogP contribution in [-0.4, -0.2) is 46.0 Å². The van der Waals surface area contributed by atoms with Crippen molar-refractivity contribution in [2.75, 3.05) is 31.6 Å². The lowest BCUT2D eigenvalue weighted by Crippen LogP contribution is -2.40. The Morgan fingerprint density at radius 2 is 2.21 bits per heavy atom. The first kappa shape index (κ1) is 19.2. The van der Waals surface area contributed by atoms with E-state index in [0.29, 0.717) is 37.5 Å². The van der Waals surface area contributed by atoms with Crippen molar-refractivity contribution in [3.8, 4) is 0 Å². The van der Waals surface area contributed by atoms with Gasteiger partial charge < -0.3 is 10.6 Å². The van der Waals surface area contributed by atoms with E-state index < -0.39 is 9.84 Å². The van der Waals surface area contributed by atoms with E-state index in [1.165, 1.54) is 6.07 Å². The second-order valence-electron chi connectivity index (χ2n) is 5.99. The van der Waals surface area contributed by atoms with Gasteiger partial charge in [-0.15, -0.1) is 0 Å². The van der Waals surface area contributed by atoms with Crippen molar-refractivity contribution >= 4 is 31.7 Å². The van der Waals surface area contributed by atoms with E-state index in [0.717, 1.165) is 10.9 Å². The van der Waals surface area contributed by atoms with E-state index in [-0.39, 0.29) is 23.2 Å². The Balaban J connectivity index is 1.68. The second-order valence-corrected chi connectivity index (χ2v) is 9.13. The highest BCUT2D eigenvalue weighted by molar-refractivity contribution is 9.10. The standard InChI is InChI=1S/C16H23BrFN3O2S/c1-19-16(21-10-12-6-8-24(22,23)11-12)20-7-2-3-13-4-5-14(17)9-15(13)18/h4-5,9,12H,2-3,6-8,10-11H2,1H3,(H2,19,20,21). The van der Waals surface area contributed by atoms with Crippen LogP contribution in [0.15, 0.2) is 27.7 Å². The fourth-order valence-corrected chi connectivity index (χ4v) is 4.90. The fraction of sp³-hybridized carbons (Fsp3) is 0.562. The van der Waals surface area contributed by atoms with Crippen LogP contribution in [0.1, 0.15) is 18.4 Å². The van der Waals surface area contributed by atoms with Crippen LogP contribution < -0.4 is 10.6 Å². The molecule has 1 saturated heterocycles. The number of aryl methyl sites for hydroxylation is 1. The summed E-state index contributed by atoms with van der Waals surface area (Å²) in [5.74, 6) is 1.12. The number of nitrogens with one attached hydrogen (secondary N) is 2. The van der Waals surface area contributed by atoms with Gasteiger partial charge in [-0.25, -0.2) is 12.8 Å². The molecule has 1 fully saturated rings. The van der Waals surface area contributed by atoms with Crippen LogP contribution in [0.2, 0.25) is 0 Å². The Morgan fingerprint density at radius 3 is 2.83 bits per heavy atom. The summed E-state index contributed by atoms with van der Waals surface area (Å²) in [5.41, 5.74) is 0.694. The Kier molecular flexibility index (Phi) is 7.03. The highest BCUT2D eigenvalue weighted by Crippen LogP contribution is 2.17. The van der Waals surface area contributed by atoms with Crippen LogP contribution in [0.25, 0.3) is 0 Å². The van der Waals surface area contributed by atoms with Gasteiger partial charge in [-0.3, -0.25) is 4.99 Å². The molecule has 8 heteroatoms. The van der Waals surface area contributed by atoms with Crippen molar-refractivity contribution in [3.63, 3.8) is 0 Å². The highest BCUT2D eigenvalue weighted by Gasteiger charge is 2.27. The predicted octanol–water partition coefficient (Wildman–Crippen LogP) is 2.12. The van der Waals surface area contributed by atoms with E-state index in [4.69, 9.17) is 0 Å². The van der Waals surface area contributed by atoms with E-state index >= 15 is 0 Å². The summed E-state index contributed by atoms with van der Waals surface area (Å²) in [7, 11) is -1.17. The van der Waals surface area contributed by atoms with E-state index in [2.05, 4.69) is 31.6 Å². The van der Waals surface area contributed by atoms with Crippen LogP contribution in [0.3, 0.4) is 0 Å². The summed E-state index contributed by atoms with van der Waals surface area (Å²) >= 11 is 3.24. The van der Waals surface area contributed by atoms with Crippen LogP contribution in [0.4, 0.5) is 4.39 Å². The first-order valence-corrected chi connectivity index (χ1v) is 10.6. The molecular weight excluding hydrogens is 397 g/mol. The topological polar surface area (TPSA) is 70.6 Å². The van der Waals surface area contributed by atoms with Crippen molar-refractivity contribution in [2.24, 2.45) is 10.9 Å². The molecule has 0 aliphatic carbocycles. The maximum Gasteiger partial charge on any atom is 0.190 e. The van der Waals surface area contributed by atoms with Gasteiger partial charge >= 0.3 is 0 Å². The van der Waals surface area contributed by atoms with E-state index in [1.807, 2.05) is 6.07 Å². The number of hydrogen-bond acceptors (Lipinski definition) is 3. The first-order chi connectivity index (χ1) is 11.4. The number of nitrogens with zero attached hydrogens (tertiary/aromatic N) is 1. The van der Waals surface area contributed by atoms with Gasteiger partial charge in [0.05, 0.1) is 11.5 Å². The minimum Gasteiger partial charge on any atom is -0.356 e. The highest BCUT2D eigenvalue weighted by atomic mass is 79.9. The van der Waals surface area contributed by atoms with Gasteiger partial charge in [-0.05, 0) is 42.9 Å². The maximum absolute atomic E-state index is 13.7. The van der Waals surface area contributed by atoms with Crippen molar-refractivity contribution < 1.29 is 12.8 Å². The smallest absolute Gasteiger partial charge is 0.190 e. The number of hydrogen-bond donors (Lipinski definition) is 2. The van der Waals surface area contributed by atoms with Crippen LogP contribution in [0.5, 0.6) is 0 Å². The van der Waals surface area contributed by atoms with Gasteiger partial charge in [0.25, 0.3) is 0 Å². The monoisotopic (exact) mass is 419 g/mol. The third-order valence-electron chi connectivity index (χ3n) is 4.04. The largest absolute Gasteiger partial charge is 0.356 e. The van der Waals surface area contributed by atoms with Gasteiger partial charge in [0, 0.05) is 24.6 Å². The molecule has 0 spiro atoms. The zero-order valence-electron chi connectivity index (χ0n) is 13.7. The van der Waals surface area contributed by atoms with Crippen molar-refractivity contribution in [3.05, 3.63) is 34.1 Å². The van der Waals surface area contributed by atoms with Gasteiger partial charge in [-0.1, -0.05) is 22.0 Å². The molecule has 0 saturated carbocycles. The van der Waals surface area contributed by atoms with Crippen LogP contribution in [-0.2, 0) is 16.3 Å². The summed E-state index contributed by atoms with van der Waals surface area (Å²) in [6, 6.07) is 5.09. The summed E-state index contributed by atoms with van der Waals surface area (Å²) in [6.07, 6.45) is 2.12. The molecule has 5 nitrogen and oxygen atoms in total. The number of halogens is 2. The molecule has 1 aromatic rings. The second kappa shape index (κ2) is 8.80. The molecule has 0 bridgehead atoms. The zero-order valence-corrected chi connectivity index (χ0v) is 16.1. The maximum atomic E-state index is 13.7. The first-order valence-electron chi connectivity index (χ1n) is 7.98. The third-order valence-corrected chi connectivity index (χ3v) is 6.37. The number of rotatable bonds is 6. The molecule has 1 atom stereocenters.